The van der Waals surface area contributed by atoms with Gasteiger partial charge in [-0.2, -0.15) is 0 Å². The molecule has 7 nitrogen and oxygen atoms in total. The smallest absolute Gasteiger partial charge is 0.329 e. The maximum absolute atomic E-state index is 13.1. The van der Waals surface area contributed by atoms with Crippen LogP contribution in [0.5, 0.6) is 0 Å². The first-order valence-electron chi connectivity index (χ1n) is 10.3. The lowest BCUT2D eigenvalue weighted by Gasteiger charge is -2.39. The number of hydrogen-bond donors (Lipinski definition) is 0. The highest BCUT2D eigenvalue weighted by atomic mass is 32.1. The first-order valence-corrected chi connectivity index (χ1v) is 11.1. The van der Waals surface area contributed by atoms with Crippen molar-refractivity contribution in [2.45, 2.75) is 78.4 Å². The molecule has 156 valence electrons. The molecule has 0 bridgehead atoms. The van der Waals surface area contributed by atoms with E-state index in [4.69, 9.17) is 4.74 Å². The molecule has 8 heteroatoms. The summed E-state index contributed by atoms with van der Waals surface area (Å²) in [5, 5.41) is 9.89. The summed E-state index contributed by atoms with van der Waals surface area (Å²) in [5.41, 5.74) is 0. The minimum Gasteiger partial charge on any atom is -0.441 e. The molecule has 1 aromatic rings. The summed E-state index contributed by atoms with van der Waals surface area (Å²) in [6.45, 7) is 7.43. The Hall–Kier alpha value is -1.96. The number of allylic oxidation sites excluding steroid dienone is 1. The molecule has 2 heterocycles. The lowest BCUT2D eigenvalue weighted by atomic mass is 10.2. The second-order valence-electron chi connectivity index (χ2n) is 6.94. The minimum atomic E-state index is -0.625. The molecule has 0 saturated carbocycles. The molecule has 1 fully saturated rings. The minimum absolute atomic E-state index is 0.149. The Bertz CT molecular complexity index is 662. The molecule has 2 amide bonds. The van der Waals surface area contributed by atoms with E-state index >= 15 is 0 Å². The Morgan fingerprint density at radius 3 is 2.75 bits per heavy atom. The van der Waals surface area contributed by atoms with E-state index in [0.29, 0.717) is 24.6 Å². The van der Waals surface area contributed by atoms with Crippen LogP contribution in [0.15, 0.2) is 12.2 Å². The van der Waals surface area contributed by atoms with E-state index in [1.807, 2.05) is 17.9 Å². The van der Waals surface area contributed by atoms with Crippen molar-refractivity contribution in [1.82, 2.24) is 15.1 Å². The first-order chi connectivity index (χ1) is 13.6. The summed E-state index contributed by atoms with van der Waals surface area (Å²) in [5.74, 6) is -0.337. The normalized spacial score (nSPS) is 17.5. The highest BCUT2D eigenvalue weighted by Gasteiger charge is 2.38. The first kappa shape index (κ1) is 22.3. The molecule has 2 rings (SSSR count). The van der Waals surface area contributed by atoms with E-state index in [-0.39, 0.29) is 18.4 Å². The molecular weight excluding hydrogens is 376 g/mol. The standard InChI is InChI=1S/C20H32N4O3S/c1-4-7-10-14-23-15-13-17(27-18(25)12-9-6-3)24(20(23)26)19-22-21-16(28-19)11-8-5-2/h6,9,17H,4-5,7-8,10-15H2,1-3H3. The highest BCUT2D eigenvalue weighted by Crippen LogP contribution is 2.29. The number of unbranched alkanes of at least 4 members (excludes halogenated alkanes) is 3. The lowest BCUT2D eigenvalue weighted by molar-refractivity contribution is -0.148. The van der Waals surface area contributed by atoms with Gasteiger partial charge in [-0.25, -0.2) is 9.69 Å². The topological polar surface area (TPSA) is 75.6 Å². The molecule has 0 N–H and O–H groups in total. The van der Waals surface area contributed by atoms with Crippen LogP contribution in [0.4, 0.5) is 9.93 Å². The fourth-order valence-corrected chi connectivity index (χ4v) is 3.94. The van der Waals surface area contributed by atoms with Gasteiger partial charge in [0.1, 0.15) is 5.01 Å². The van der Waals surface area contributed by atoms with Gasteiger partial charge in [-0.1, -0.05) is 56.6 Å². The van der Waals surface area contributed by atoms with Crippen molar-refractivity contribution in [1.29, 1.82) is 0 Å². The second-order valence-corrected chi connectivity index (χ2v) is 7.98. The van der Waals surface area contributed by atoms with Crippen LogP contribution >= 0.6 is 11.3 Å². The van der Waals surface area contributed by atoms with Crippen LogP contribution in [0, 0.1) is 0 Å². The van der Waals surface area contributed by atoms with Crippen molar-refractivity contribution in [2.24, 2.45) is 0 Å². The Kier molecular flexibility index (Phi) is 9.40. The third kappa shape index (κ3) is 6.29. The molecule has 0 aromatic carbocycles. The van der Waals surface area contributed by atoms with Crippen molar-refractivity contribution in [3.8, 4) is 0 Å². The zero-order chi connectivity index (χ0) is 20.4. The summed E-state index contributed by atoms with van der Waals surface area (Å²) in [7, 11) is 0. The highest BCUT2D eigenvalue weighted by molar-refractivity contribution is 7.15. The molecule has 0 aliphatic carbocycles. The van der Waals surface area contributed by atoms with E-state index in [1.165, 1.54) is 16.2 Å². The maximum Gasteiger partial charge on any atom is 0.329 e. The van der Waals surface area contributed by atoms with E-state index in [1.54, 1.807) is 6.08 Å². The molecule has 0 spiro atoms. The number of carbonyl (C=O) groups is 2. The third-order valence-corrected chi connectivity index (χ3v) is 5.62. The average Bonchev–Trinajstić information content (AvgIpc) is 3.15. The van der Waals surface area contributed by atoms with Gasteiger partial charge in [-0.3, -0.25) is 4.79 Å². The predicted octanol–water partition coefficient (Wildman–Crippen LogP) is 4.54. The number of amides is 2. The lowest BCUT2D eigenvalue weighted by Crippen LogP contribution is -2.56. The largest absolute Gasteiger partial charge is 0.441 e. The number of aryl methyl sites for hydroxylation is 1. The van der Waals surface area contributed by atoms with Crippen molar-refractivity contribution >= 4 is 28.5 Å². The van der Waals surface area contributed by atoms with Crippen LogP contribution in [-0.2, 0) is 16.0 Å². The van der Waals surface area contributed by atoms with Gasteiger partial charge in [-0.15, -0.1) is 10.2 Å². The van der Waals surface area contributed by atoms with Gasteiger partial charge in [0.2, 0.25) is 5.13 Å². The number of anilines is 1. The van der Waals surface area contributed by atoms with Crippen LogP contribution in [0.1, 0.15) is 70.7 Å². The molecule has 28 heavy (non-hydrogen) atoms. The van der Waals surface area contributed by atoms with Gasteiger partial charge in [-0.05, 0) is 19.8 Å². The van der Waals surface area contributed by atoms with Gasteiger partial charge in [0.05, 0.1) is 6.42 Å². The molecule has 1 aliphatic rings. The average molecular weight is 409 g/mol. The van der Waals surface area contributed by atoms with Gasteiger partial charge in [0.25, 0.3) is 0 Å². The fourth-order valence-electron chi connectivity index (χ4n) is 3.03. The molecule has 1 unspecified atom stereocenters. The Morgan fingerprint density at radius 1 is 1.25 bits per heavy atom. The Morgan fingerprint density at radius 2 is 2.04 bits per heavy atom. The quantitative estimate of drug-likeness (QED) is 0.305. The molecular formula is C20H32N4O3S. The Labute approximate surface area is 171 Å². The molecule has 1 saturated heterocycles. The summed E-state index contributed by atoms with van der Waals surface area (Å²) in [6.07, 6.45) is 9.84. The molecule has 1 aliphatic heterocycles. The van der Waals surface area contributed by atoms with Gasteiger partial charge >= 0.3 is 12.0 Å². The number of nitrogens with zero attached hydrogens (tertiary/aromatic N) is 4. The van der Waals surface area contributed by atoms with Crippen LogP contribution in [0.2, 0.25) is 0 Å². The van der Waals surface area contributed by atoms with E-state index < -0.39 is 6.23 Å². The summed E-state index contributed by atoms with van der Waals surface area (Å²) >= 11 is 1.41. The number of ether oxygens (including phenoxy) is 1. The van der Waals surface area contributed by atoms with E-state index in [9.17, 15) is 9.59 Å². The number of carbonyl (C=O) groups excluding carboxylic acids is 2. The number of urea groups is 1. The fraction of sp³-hybridized carbons (Fsp3) is 0.700. The SMILES string of the molecule is CC=CCC(=O)OC1CCN(CCCCC)C(=O)N1c1nnc(CCCC)s1. The second kappa shape index (κ2) is 11.8. The van der Waals surface area contributed by atoms with Crippen LogP contribution in [0.25, 0.3) is 0 Å². The summed E-state index contributed by atoms with van der Waals surface area (Å²) < 4.78 is 5.62. The Balaban J connectivity index is 2.15. The van der Waals surface area contributed by atoms with Crippen LogP contribution in [-0.4, -0.2) is 46.4 Å². The van der Waals surface area contributed by atoms with Crippen LogP contribution < -0.4 is 4.90 Å². The molecule has 0 radical (unpaired) electrons. The zero-order valence-corrected chi connectivity index (χ0v) is 18.0. The van der Waals surface area contributed by atoms with E-state index in [2.05, 4.69) is 24.0 Å². The van der Waals surface area contributed by atoms with Gasteiger partial charge in [0.15, 0.2) is 6.23 Å². The monoisotopic (exact) mass is 408 g/mol. The van der Waals surface area contributed by atoms with Gasteiger partial charge < -0.3 is 9.64 Å². The third-order valence-electron chi connectivity index (χ3n) is 4.64. The number of rotatable bonds is 11. The zero-order valence-electron chi connectivity index (χ0n) is 17.2. The van der Waals surface area contributed by atoms with Gasteiger partial charge in [0, 0.05) is 25.9 Å². The molecule has 1 aromatic heterocycles. The maximum atomic E-state index is 13.1. The molecule has 1 atom stereocenters. The number of hydrogen-bond acceptors (Lipinski definition) is 6. The number of aromatic nitrogens is 2. The van der Waals surface area contributed by atoms with E-state index in [0.717, 1.165) is 43.5 Å². The van der Waals surface area contributed by atoms with Crippen molar-refractivity contribution < 1.29 is 14.3 Å². The van der Waals surface area contributed by atoms with Crippen molar-refractivity contribution in [3.63, 3.8) is 0 Å². The summed E-state index contributed by atoms with van der Waals surface area (Å²) in [4.78, 5) is 28.6. The van der Waals surface area contributed by atoms with Crippen molar-refractivity contribution in [3.05, 3.63) is 17.2 Å². The predicted molar refractivity (Wildman–Crippen MR) is 111 cm³/mol. The van der Waals surface area contributed by atoms with Crippen LogP contribution in [0.3, 0.4) is 0 Å². The van der Waals surface area contributed by atoms with Crippen molar-refractivity contribution in [2.75, 3.05) is 18.0 Å². The summed E-state index contributed by atoms with van der Waals surface area (Å²) in [6, 6.07) is -0.149. The number of esters is 1.